The molecule has 2 atom stereocenters. The van der Waals surface area contributed by atoms with Crippen molar-refractivity contribution in [1.29, 1.82) is 0 Å². The summed E-state index contributed by atoms with van der Waals surface area (Å²) < 4.78 is 7.61. The minimum atomic E-state index is -0.450. The number of aliphatic imine (C=N–C) groups is 1. The lowest BCUT2D eigenvalue weighted by Crippen LogP contribution is -2.36. The average Bonchev–Trinajstić information content (AvgIpc) is 3.50. The molecule has 9 nitrogen and oxygen atoms in total. The lowest BCUT2D eigenvalue weighted by Gasteiger charge is -2.26. The first kappa shape index (κ1) is 25.9. The zero-order chi connectivity index (χ0) is 27.0. The number of fused-ring (bicyclic) bond motifs is 1. The van der Waals surface area contributed by atoms with Gasteiger partial charge in [0, 0.05) is 62.2 Å². The molecule has 0 spiro atoms. The first-order valence-corrected chi connectivity index (χ1v) is 13.0. The highest BCUT2D eigenvalue weighted by atomic mass is 35.5. The Balaban J connectivity index is 1.39. The Bertz CT molecular complexity index is 1430. The molecule has 200 valence electrons. The highest BCUT2D eigenvalue weighted by Gasteiger charge is 2.26. The summed E-state index contributed by atoms with van der Waals surface area (Å²) >= 11 is 6.62. The maximum atomic E-state index is 12.0. The maximum Gasteiger partial charge on any atom is 0.221 e. The van der Waals surface area contributed by atoms with E-state index in [4.69, 9.17) is 16.3 Å². The van der Waals surface area contributed by atoms with Gasteiger partial charge < -0.3 is 35.1 Å². The Kier molecular flexibility index (Phi) is 7.23. The third-order valence-electron chi connectivity index (χ3n) is 7.16. The molecule has 38 heavy (non-hydrogen) atoms. The van der Waals surface area contributed by atoms with E-state index in [1.54, 1.807) is 13.3 Å². The molecule has 5 rings (SSSR count). The van der Waals surface area contributed by atoms with E-state index >= 15 is 0 Å². The molecule has 1 saturated heterocycles. The highest BCUT2D eigenvalue weighted by Crippen LogP contribution is 2.35. The van der Waals surface area contributed by atoms with Crippen molar-refractivity contribution >= 4 is 57.4 Å². The van der Waals surface area contributed by atoms with Crippen LogP contribution >= 0.6 is 11.6 Å². The largest absolute Gasteiger partial charge is 0.495 e. The molecule has 0 saturated carbocycles. The van der Waals surface area contributed by atoms with Gasteiger partial charge in [0.25, 0.3) is 0 Å². The SMILES string of the molecule is COc1cccc2c(C3=C(Cl)C=NC(Nc4ccc(N5CC[C@@H](N(C)C)C5)c(NC(C)=O)c4)N3)cn(C)c12. The molecule has 1 unspecified atom stereocenters. The Morgan fingerprint density at radius 2 is 2.08 bits per heavy atom. The number of aromatic nitrogens is 1. The summed E-state index contributed by atoms with van der Waals surface area (Å²) in [6.45, 7) is 3.39. The van der Waals surface area contributed by atoms with Crippen molar-refractivity contribution in [2.45, 2.75) is 25.7 Å². The van der Waals surface area contributed by atoms with E-state index in [0.29, 0.717) is 11.1 Å². The Morgan fingerprint density at radius 3 is 2.79 bits per heavy atom. The molecule has 3 N–H and O–H groups in total. The van der Waals surface area contributed by atoms with Gasteiger partial charge in [0.1, 0.15) is 5.75 Å². The third-order valence-corrected chi connectivity index (χ3v) is 7.44. The number of carbonyl (C=O) groups is 1. The molecular weight excluding hydrogens is 502 g/mol. The number of allylic oxidation sites excluding steroid dienone is 1. The predicted octanol–water partition coefficient (Wildman–Crippen LogP) is 4.26. The molecule has 1 amide bonds. The zero-order valence-electron chi connectivity index (χ0n) is 22.4. The van der Waals surface area contributed by atoms with E-state index in [9.17, 15) is 4.79 Å². The number of ether oxygens (including phenoxy) is 1. The van der Waals surface area contributed by atoms with Crippen LogP contribution in [0.15, 0.2) is 52.6 Å². The predicted molar refractivity (Wildman–Crippen MR) is 156 cm³/mol. The van der Waals surface area contributed by atoms with E-state index in [1.807, 2.05) is 42.1 Å². The summed E-state index contributed by atoms with van der Waals surface area (Å²) in [7, 11) is 7.88. The number of likely N-dealkylation sites (N-methyl/N-ethyl adjacent to an activating group) is 1. The average molecular weight is 536 g/mol. The molecule has 3 aromatic rings. The van der Waals surface area contributed by atoms with Crippen molar-refractivity contribution in [3.05, 3.63) is 53.2 Å². The minimum Gasteiger partial charge on any atom is -0.495 e. The topological polar surface area (TPSA) is 86.2 Å². The number of nitrogens with one attached hydrogen (secondary N) is 3. The van der Waals surface area contributed by atoms with Crippen LogP contribution in [0.2, 0.25) is 0 Å². The van der Waals surface area contributed by atoms with Crippen molar-refractivity contribution in [3.8, 4) is 5.75 Å². The van der Waals surface area contributed by atoms with Crippen LogP contribution in [0.1, 0.15) is 18.9 Å². The number of halogens is 1. The van der Waals surface area contributed by atoms with E-state index in [2.05, 4.69) is 57.0 Å². The number of anilines is 3. The summed E-state index contributed by atoms with van der Waals surface area (Å²) in [5.41, 5.74) is 5.35. The van der Waals surface area contributed by atoms with Crippen LogP contribution in [0.25, 0.3) is 16.6 Å². The Hall–Kier alpha value is -3.69. The summed E-state index contributed by atoms with van der Waals surface area (Å²) in [6, 6.07) is 12.5. The molecule has 10 heteroatoms. The molecule has 2 aliphatic rings. The smallest absolute Gasteiger partial charge is 0.221 e. The number of para-hydroxylation sites is 1. The molecule has 2 aromatic carbocycles. The molecular formula is C28H34ClN7O2. The van der Waals surface area contributed by atoms with Gasteiger partial charge in [-0.25, -0.2) is 4.99 Å². The zero-order valence-corrected chi connectivity index (χ0v) is 23.1. The summed E-state index contributed by atoms with van der Waals surface area (Å²) in [6.07, 6.45) is 4.34. The quantitative estimate of drug-likeness (QED) is 0.419. The second kappa shape index (κ2) is 10.6. The van der Waals surface area contributed by atoms with E-state index in [0.717, 1.165) is 64.5 Å². The summed E-state index contributed by atoms with van der Waals surface area (Å²) in [5.74, 6) is 0.691. The number of hydrogen-bond acceptors (Lipinski definition) is 7. The maximum absolute atomic E-state index is 12.0. The second-order valence-electron chi connectivity index (χ2n) is 9.97. The number of amides is 1. The molecule has 0 bridgehead atoms. The van der Waals surface area contributed by atoms with Crippen molar-refractivity contribution < 1.29 is 9.53 Å². The second-order valence-corrected chi connectivity index (χ2v) is 10.4. The number of carbonyl (C=O) groups excluding carboxylic acids is 1. The first-order valence-electron chi connectivity index (χ1n) is 12.7. The molecule has 1 aromatic heterocycles. The number of benzene rings is 2. The minimum absolute atomic E-state index is 0.107. The van der Waals surface area contributed by atoms with Crippen LogP contribution in [0.4, 0.5) is 17.1 Å². The van der Waals surface area contributed by atoms with E-state index in [-0.39, 0.29) is 5.91 Å². The highest BCUT2D eigenvalue weighted by molar-refractivity contribution is 6.42. The van der Waals surface area contributed by atoms with Gasteiger partial charge in [-0.1, -0.05) is 23.7 Å². The van der Waals surface area contributed by atoms with Gasteiger partial charge >= 0.3 is 0 Å². The molecule has 1 fully saturated rings. The van der Waals surface area contributed by atoms with Crippen LogP contribution < -0.4 is 25.6 Å². The van der Waals surface area contributed by atoms with E-state index < -0.39 is 6.29 Å². The fourth-order valence-corrected chi connectivity index (χ4v) is 5.47. The van der Waals surface area contributed by atoms with Crippen molar-refractivity contribution in [2.24, 2.45) is 12.0 Å². The number of aryl methyl sites for hydroxylation is 1. The lowest BCUT2D eigenvalue weighted by molar-refractivity contribution is -0.114. The molecule has 2 aliphatic heterocycles. The van der Waals surface area contributed by atoms with Gasteiger partial charge in [0.05, 0.1) is 34.7 Å². The fraction of sp³-hybridized carbons (Fsp3) is 0.357. The molecule has 0 radical (unpaired) electrons. The lowest BCUT2D eigenvalue weighted by atomic mass is 10.1. The van der Waals surface area contributed by atoms with Crippen molar-refractivity contribution in [1.82, 2.24) is 14.8 Å². The van der Waals surface area contributed by atoms with Gasteiger partial charge in [-0.2, -0.15) is 0 Å². The van der Waals surface area contributed by atoms with Crippen molar-refractivity contribution in [2.75, 3.05) is 49.8 Å². The fourth-order valence-electron chi connectivity index (χ4n) is 5.25. The van der Waals surface area contributed by atoms with Crippen molar-refractivity contribution in [3.63, 3.8) is 0 Å². The molecule has 3 heterocycles. The number of hydrogen-bond donors (Lipinski definition) is 3. The number of methoxy groups -OCH3 is 1. The Labute approximate surface area is 228 Å². The number of rotatable bonds is 7. The van der Waals surface area contributed by atoms with Gasteiger partial charge in [-0.05, 0) is 44.8 Å². The van der Waals surface area contributed by atoms with E-state index in [1.165, 1.54) is 6.92 Å². The normalized spacial score (nSPS) is 19.3. The summed E-state index contributed by atoms with van der Waals surface area (Å²) in [5, 5.41) is 11.4. The van der Waals surface area contributed by atoms with Gasteiger partial charge in [0.2, 0.25) is 5.91 Å². The van der Waals surface area contributed by atoms with Gasteiger partial charge in [-0.15, -0.1) is 0 Å². The third kappa shape index (κ3) is 5.04. The monoisotopic (exact) mass is 535 g/mol. The van der Waals surface area contributed by atoms with Crippen LogP contribution in [0, 0.1) is 0 Å². The van der Waals surface area contributed by atoms with Crippen LogP contribution in [0.5, 0.6) is 5.75 Å². The first-order chi connectivity index (χ1) is 18.2. The van der Waals surface area contributed by atoms with Crippen LogP contribution in [0.3, 0.4) is 0 Å². The van der Waals surface area contributed by atoms with Crippen LogP contribution in [-0.4, -0.2) is 68.2 Å². The molecule has 0 aliphatic carbocycles. The van der Waals surface area contributed by atoms with Crippen LogP contribution in [-0.2, 0) is 11.8 Å². The van der Waals surface area contributed by atoms with Gasteiger partial charge in [0.15, 0.2) is 6.29 Å². The van der Waals surface area contributed by atoms with Gasteiger partial charge in [-0.3, -0.25) is 4.79 Å². The Morgan fingerprint density at radius 1 is 1.26 bits per heavy atom. The number of nitrogens with zero attached hydrogens (tertiary/aromatic N) is 4. The standard InChI is InChI=1S/C28H34ClN7O2/c1-17(37)31-23-13-18(9-10-24(23)36-12-11-19(15-36)34(2)3)32-28-30-14-22(29)26(33-28)21-16-35(4)27-20(21)7-6-8-25(27)38-5/h6-10,13-14,16,19,28,32-33H,11-12,15H2,1-5H3,(H,31,37)/t19-,28?/m1/s1. The summed E-state index contributed by atoms with van der Waals surface area (Å²) in [4.78, 5) is 21.1.